The molecular weight excluding hydrogens is 522 g/mol. The molecule has 6 rings (SSSR count). The van der Waals surface area contributed by atoms with Gasteiger partial charge in [-0.1, -0.05) is 37.6 Å². The number of methoxy groups -OCH3 is 1. The smallest absolute Gasteiger partial charge is 0.341 e. The van der Waals surface area contributed by atoms with Crippen LogP contribution >= 0.6 is 11.3 Å². The lowest BCUT2D eigenvalue weighted by Crippen LogP contribution is -2.16. The van der Waals surface area contributed by atoms with Gasteiger partial charge in [0.2, 0.25) is 0 Å². The molecule has 0 saturated heterocycles. The second-order valence-corrected chi connectivity index (χ2v) is 11.2. The van der Waals surface area contributed by atoms with Crippen LogP contribution in [0.3, 0.4) is 0 Å². The van der Waals surface area contributed by atoms with E-state index in [1.165, 1.54) is 24.0 Å². The van der Waals surface area contributed by atoms with Crippen molar-refractivity contribution >= 4 is 56.2 Å². The van der Waals surface area contributed by atoms with Crippen molar-refractivity contribution in [3.63, 3.8) is 0 Å². The van der Waals surface area contributed by atoms with Gasteiger partial charge in [-0.05, 0) is 73.9 Å². The van der Waals surface area contributed by atoms with Crippen LogP contribution in [-0.2, 0) is 24.0 Å². The fourth-order valence-electron chi connectivity index (χ4n) is 5.48. The van der Waals surface area contributed by atoms with Crippen molar-refractivity contribution in [1.82, 2.24) is 14.5 Å². The highest BCUT2D eigenvalue weighted by Gasteiger charge is 2.30. The zero-order valence-corrected chi connectivity index (χ0v) is 23.4. The van der Waals surface area contributed by atoms with Gasteiger partial charge < -0.3 is 15.8 Å². The molecule has 1 amide bonds. The number of amides is 1. The van der Waals surface area contributed by atoms with Gasteiger partial charge in [0.1, 0.15) is 21.9 Å². The van der Waals surface area contributed by atoms with Gasteiger partial charge in [-0.2, -0.15) is 0 Å². The summed E-state index contributed by atoms with van der Waals surface area (Å²) in [7, 11) is 1.36. The van der Waals surface area contributed by atoms with Crippen LogP contribution in [0.4, 0.5) is 10.8 Å². The van der Waals surface area contributed by atoms with Gasteiger partial charge in [0, 0.05) is 10.6 Å². The second kappa shape index (κ2) is 10.7. The zero-order valence-electron chi connectivity index (χ0n) is 22.6. The molecule has 0 radical (unpaired) electrons. The quantitative estimate of drug-likeness (QED) is 0.223. The molecule has 0 unspecified atom stereocenters. The van der Waals surface area contributed by atoms with Gasteiger partial charge in [-0.15, -0.1) is 11.3 Å². The van der Waals surface area contributed by atoms with Gasteiger partial charge in [0.05, 0.1) is 23.7 Å². The first-order valence-electron chi connectivity index (χ1n) is 13.7. The van der Waals surface area contributed by atoms with E-state index < -0.39 is 11.9 Å². The summed E-state index contributed by atoms with van der Waals surface area (Å²) in [5.74, 6) is -0.641. The molecule has 0 aliphatic heterocycles. The van der Waals surface area contributed by atoms with E-state index in [0.717, 1.165) is 61.1 Å². The number of hydrogen-bond acceptors (Lipinski definition) is 7. The van der Waals surface area contributed by atoms with E-state index in [4.69, 9.17) is 20.4 Å². The molecule has 8 nitrogen and oxygen atoms in total. The van der Waals surface area contributed by atoms with Crippen LogP contribution in [0, 0.1) is 0 Å². The highest BCUT2D eigenvalue weighted by atomic mass is 32.1. The molecule has 2 aromatic carbocycles. The van der Waals surface area contributed by atoms with Gasteiger partial charge in [0.15, 0.2) is 5.65 Å². The Balaban J connectivity index is 1.48. The third-order valence-corrected chi connectivity index (χ3v) is 8.73. The van der Waals surface area contributed by atoms with Crippen LogP contribution < -0.4 is 11.1 Å². The van der Waals surface area contributed by atoms with E-state index in [-0.39, 0.29) is 11.4 Å². The third kappa shape index (κ3) is 4.50. The summed E-state index contributed by atoms with van der Waals surface area (Å²) in [5, 5.41) is 3.48. The monoisotopic (exact) mass is 553 g/mol. The Kier molecular flexibility index (Phi) is 6.98. The summed E-state index contributed by atoms with van der Waals surface area (Å²) in [6, 6.07) is 15.7. The summed E-state index contributed by atoms with van der Waals surface area (Å²) in [4.78, 5) is 37.6. The van der Waals surface area contributed by atoms with Gasteiger partial charge in [-0.25, -0.2) is 14.8 Å². The molecule has 1 aliphatic rings. The maximum absolute atomic E-state index is 14.0. The molecule has 5 aromatic rings. The number of ether oxygens (including phenoxy) is 1. The first kappa shape index (κ1) is 26.0. The number of aromatic nitrogens is 3. The summed E-state index contributed by atoms with van der Waals surface area (Å²) in [6.45, 7) is 2.18. The van der Waals surface area contributed by atoms with Crippen LogP contribution in [0.25, 0.3) is 27.9 Å². The minimum absolute atomic E-state index is 0.227. The molecule has 9 heteroatoms. The van der Waals surface area contributed by atoms with Crippen LogP contribution in [0.5, 0.6) is 0 Å². The molecule has 3 N–H and O–H groups in total. The normalized spacial score (nSPS) is 12.9. The maximum atomic E-state index is 14.0. The number of nitrogens with zero attached hydrogens (tertiary/aromatic N) is 3. The average Bonchev–Trinajstić information content (AvgIpc) is 3.48. The lowest BCUT2D eigenvalue weighted by molar-refractivity contribution is 0.0601. The maximum Gasteiger partial charge on any atom is 0.341 e. The minimum Gasteiger partial charge on any atom is -0.465 e. The highest BCUT2D eigenvalue weighted by Crippen LogP contribution is 2.39. The van der Waals surface area contributed by atoms with E-state index in [2.05, 4.69) is 24.4 Å². The number of hydrogen-bond donors (Lipinski definition) is 2. The number of benzene rings is 2. The Morgan fingerprint density at radius 1 is 1.02 bits per heavy atom. The van der Waals surface area contributed by atoms with E-state index in [0.29, 0.717) is 32.8 Å². The molecule has 204 valence electrons. The number of nitrogens with two attached hydrogens (primary N) is 1. The van der Waals surface area contributed by atoms with Crippen LogP contribution in [0.1, 0.15) is 69.3 Å². The Hall–Kier alpha value is -4.24. The summed E-state index contributed by atoms with van der Waals surface area (Å²) in [5.41, 5.74) is 12.7. The number of nitrogens with one attached hydrogen (secondary N) is 1. The number of carbonyl (C=O) groups excluding carboxylic acids is 2. The van der Waals surface area contributed by atoms with Crippen molar-refractivity contribution in [2.45, 2.75) is 51.9 Å². The highest BCUT2D eigenvalue weighted by molar-refractivity contribution is 7.17. The summed E-state index contributed by atoms with van der Waals surface area (Å²) in [6.07, 6.45) is 6.98. The summed E-state index contributed by atoms with van der Waals surface area (Å²) < 4.78 is 6.88. The standard InChI is InChI=1S/C31H31N5O3S/c1-3-4-9-18-14-16-19(17-15-18)36-27(32)25(26-28(36)34-22-12-7-6-11-21(22)33-26)29(37)35-30-24(31(38)39-2)20-10-5-8-13-23(20)40-30/h6-7,11-12,14-17H,3-5,8-10,13,32H2,1-2H3,(H,35,37). The van der Waals surface area contributed by atoms with Crippen molar-refractivity contribution in [2.24, 2.45) is 0 Å². The van der Waals surface area contributed by atoms with E-state index in [9.17, 15) is 9.59 Å². The Morgan fingerprint density at radius 3 is 2.48 bits per heavy atom. The minimum atomic E-state index is -0.445. The second-order valence-electron chi connectivity index (χ2n) is 10.1. The number of anilines is 2. The van der Waals surface area contributed by atoms with Crippen LogP contribution in [0.2, 0.25) is 0 Å². The number of fused-ring (bicyclic) bond motifs is 3. The van der Waals surface area contributed by atoms with Crippen molar-refractivity contribution in [1.29, 1.82) is 0 Å². The number of para-hydroxylation sites is 2. The number of esters is 1. The Bertz CT molecular complexity index is 1750. The molecular formula is C31H31N5O3S. The van der Waals surface area contributed by atoms with Crippen molar-refractivity contribution in [3.8, 4) is 5.69 Å². The largest absolute Gasteiger partial charge is 0.465 e. The van der Waals surface area contributed by atoms with E-state index in [1.807, 2.05) is 36.4 Å². The van der Waals surface area contributed by atoms with Crippen molar-refractivity contribution in [3.05, 3.63) is 75.7 Å². The molecule has 0 atom stereocenters. The van der Waals surface area contributed by atoms with E-state index in [1.54, 1.807) is 4.57 Å². The number of rotatable bonds is 7. The number of carbonyl (C=O) groups is 2. The Morgan fingerprint density at radius 2 is 1.75 bits per heavy atom. The predicted octanol–water partition coefficient (Wildman–Crippen LogP) is 6.48. The van der Waals surface area contributed by atoms with Crippen LogP contribution in [0.15, 0.2) is 48.5 Å². The predicted molar refractivity (Wildman–Crippen MR) is 160 cm³/mol. The number of thiophene rings is 1. The topological polar surface area (TPSA) is 112 Å². The first-order chi connectivity index (χ1) is 19.5. The molecule has 3 aromatic heterocycles. The molecule has 3 heterocycles. The molecule has 0 saturated carbocycles. The van der Waals surface area contributed by atoms with Crippen molar-refractivity contribution in [2.75, 3.05) is 18.2 Å². The number of nitrogen functional groups attached to an aromatic ring is 1. The van der Waals surface area contributed by atoms with Gasteiger partial charge in [-0.3, -0.25) is 9.36 Å². The third-order valence-electron chi connectivity index (χ3n) is 7.53. The van der Waals surface area contributed by atoms with Gasteiger partial charge >= 0.3 is 5.97 Å². The average molecular weight is 554 g/mol. The zero-order chi connectivity index (χ0) is 27.8. The lowest BCUT2D eigenvalue weighted by Gasteiger charge is -2.12. The lowest BCUT2D eigenvalue weighted by atomic mass is 9.95. The van der Waals surface area contributed by atoms with E-state index >= 15 is 0 Å². The fraction of sp³-hybridized carbons (Fsp3) is 0.290. The number of aryl methyl sites for hydroxylation is 2. The molecule has 0 bridgehead atoms. The molecule has 0 spiro atoms. The molecule has 40 heavy (non-hydrogen) atoms. The Labute approximate surface area is 236 Å². The van der Waals surface area contributed by atoms with Crippen molar-refractivity contribution < 1.29 is 14.3 Å². The fourth-order valence-corrected chi connectivity index (χ4v) is 6.75. The SMILES string of the molecule is CCCCc1ccc(-n2c(N)c(C(=O)Nc3sc4c(c3C(=O)OC)CCCC4)c3nc4ccccc4nc32)cc1. The summed E-state index contributed by atoms with van der Waals surface area (Å²) >= 11 is 1.44. The first-order valence-corrected chi connectivity index (χ1v) is 14.5. The molecule has 0 fully saturated rings. The van der Waals surface area contributed by atoms with Crippen LogP contribution in [-0.4, -0.2) is 33.5 Å². The number of unbranched alkanes of at least 4 members (excludes halogenated alkanes) is 1. The molecule has 1 aliphatic carbocycles. The van der Waals surface area contributed by atoms with Gasteiger partial charge in [0.25, 0.3) is 5.91 Å².